The minimum Gasteiger partial charge on any atom is -0.493 e. The van der Waals surface area contributed by atoms with Crippen molar-refractivity contribution in [3.63, 3.8) is 0 Å². The number of hydrogen-bond donors (Lipinski definition) is 2. The van der Waals surface area contributed by atoms with E-state index in [2.05, 4.69) is 31.0 Å². The highest BCUT2D eigenvalue weighted by atomic mass is 16.5. The van der Waals surface area contributed by atoms with E-state index in [1.165, 1.54) is 0 Å². The summed E-state index contributed by atoms with van der Waals surface area (Å²) in [6.45, 7) is 1.95. The summed E-state index contributed by atoms with van der Waals surface area (Å²) in [5, 5.41) is 17.9. The molecule has 1 aromatic carbocycles. The summed E-state index contributed by atoms with van der Waals surface area (Å²) in [6, 6.07) is 5.86. The Morgan fingerprint density at radius 2 is 2.06 bits per heavy atom. The second-order valence-electron chi connectivity index (χ2n) is 8.48. The van der Waals surface area contributed by atoms with Gasteiger partial charge in [0.25, 0.3) is 5.91 Å². The highest BCUT2D eigenvalue weighted by molar-refractivity contribution is 5.86. The summed E-state index contributed by atoms with van der Waals surface area (Å²) >= 11 is 0. The van der Waals surface area contributed by atoms with Gasteiger partial charge in [-0.2, -0.15) is 4.98 Å². The Labute approximate surface area is 202 Å². The summed E-state index contributed by atoms with van der Waals surface area (Å²) in [4.78, 5) is 28.4. The van der Waals surface area contributed by atoms with E-state index < -0.39 is 0 Å². The Morgan fingerprint density at radius 3 is 3.00 bits per heavy atom. The molecule has 0 fully saturated rings. The van der Waals surface area contributed by atoms with Gasteiger partial charge in [-0.3, -0.25) is 9.59 Å². The van der Waals surface area contributed by atoms with Gasteiger partial charge in [-0.25, -0.2) is 0 Å². The zero-order valence-electron chi connectivity index (χ0n) is 19.2. The molecule has 1 aromatic heterocycles. The molecule has 2 N–H and O–H groups in total. The second kappa shape index (κ2) is 10.5. The normalized spacial score (nSPS) is 17.8. The minimum atomic E-state index is -0.350. The lowest BCUT2D eigenvalue weighted by atomic mass is 9.93. The van der Waals surface area contributed by atoms with Crippen molar-refractivity contribution in [2.24, 2.45) is 16.1 Å². The fourth-order valence-corrected chi connectivity index (χ4v) is 4.13. The van der Waals surface area contributed by atoms with Crippen LogP contribution in [0.2, 0.25) is 0 Å². The van der Waals surface area contributed by atoms with Crippen LogP contribution in [0.5, 0.6) is 5.75 Å². The molecule has 0 bridgehead atoms. The molecule has 0 saturated carbocycles. The number of nitrogens with zero attached hydrogens (tertiary/aromatic N) is 4. The van der Waals surface area contributed by atoms with Crippen LogP contribution < -0.4 is 15.4 Å². The first-order valence-corrected chi connectivity index (χ1v) is 11.8. The Balaban J connectivity index is 0.996. The van der Waals surface area contributed by atoms with Gasteiger partial charge in [-0.1, -0.05) is 29.5 Å². The molecule has 35 heavy (non-hydrogen) atoms. The number of allylic oxidation sites excluding steroid dienone is 3. The summed E-state index contributed by atoms with van der Waals surface area (Å²) in [5.41, 5.74) is 2.87. The summed E-state index contributed by atoms with van der Waals surface area (Å²) in [7, 11) is 0. The first kappa shape index (κ1) is 22.7. The molecule has 2 amide bonds. The average Bonchev–Trinajstić information content (AvgIpc) is 3.55. The predicted molar refractivity (Wildman–Crippen MR) is 126 cm³/mol. The molecule has 2 aromatic rings. The molecule has 3 aliphatic rings. The number of nitrogens with one attached hydrogen (secondary N) is 2. The van der Waals surface area contributed by atoms with Crippen LogP contribution in [0.3, 0.4) is 0 Å². The van der Waals surface area contributed by atoms with Crippen molar-refractivity contribution in [3.8, 4) is 17.1 Å². The number of rotatable bonds is 10. The van der Waals surface area contributed by atoms with Gasteiger partial charge in [0.15, 0.2) is 5.82 Å². The molecule has 5 rings (SSSR count). The van der Waals surface area contributed by atoms with Crippen LogP contribution in [0.4, 0.5) is 0 Å². The molecule has 2 aliphatic heterocycles. The van der Waals surface area contributed by atoms with Crippen molar-refractivity contribution in [1.29, 1.82) is 0 Å². The van der Waals surface area contributed by atoms with Crippen molar-refractivity contribution in [2.75, 3.05) is 19.7 Å². The van der Waals surface area contributed by atoms with E-state index in [0.717, 1.165) is 41.7 Å². The third kappa shape index (κ3) is 5.37. The minimum absolute atomic E-state index is 0.0566. The zero-order chi connectivity index (χ0) is 24.0. The number of fused-ring (bicyclic) bond motifs is 2. The van der Waals surface area contributed by atoms with Crippen molar-refractivity contribution in [2.45, 2.75) is 32.1 Å². The number of benzene rings is 1. The average molecular weight is 475 g/mol. The predicted octanol–water partition coefficient (Wildman–Crippen LogP) is 3.04. The van der Waals surface area contributed by atoms with Crippen LogP contribution in [0.15, 0.2) is 68.6 Å². The molecule has 0 saturated heterocycles. The smallest absolute Gasteiger partial charge is 0.276 e. The van der Waals surface area contributed by atoms with Crippen LogP contribution in [0, 0.1) is 5.92 Å². The van der Waals surface area contributed by atoms with E-state index in [0.29, 0.717) is 43.7 Å². The zero-order valence-corrected chi connectivity index (χ0v) is 19.2. The van der Waals surface area contributed by atoms with Gasteiger partial charge in [-0.05, 0) is 36.6 Å². The molecule has 10 nitrogen and oxygen atoms in total. The van der Waals surface area contributed by atoms with Gasteiger partial charge in [-0.15, -0.1) is 10.2 Å². The maximum absolute atomic E-state index is 12.2. The first-order chi connectivity index (χ1) is 17.2. The van der Waals surface area contributed by atoms with E-state index in [1.54, 1.807) is 0 Å². The van der Waals surface area contributed by atoms with E-state index >= 15 is 0 Å². The van der Waals surface area contributed by atoms with E-state index in [-0.39, 0.29) is 24.2 Å². The van der Waals surface area contributed by atoms with Crippen molar-refractivity contribution >= 4 is 11.8 Å². The fourth-order valence-electron chi connectivity index (χ4n) is 4.13. The lowest BCUT2D eigenvalue weighted by Crippen LogP contribution is -2.26. The number of unbranched alkanes of at least 4 members (excludes halogenated alkanes) is 1. The van der Waals surface area contributed by atoms with Crippen LogP contribution in [0.25, 0.3) is 11.4 Å². The topological polar surface area (TPSA) is 131 Å². The van der Waals surface area contributed by atoms with Crippen molar-refractivity contribution in [1.82, 2.24) is 20.8 Å². The quantitative estimate of drug-likeness (QED) is 0.506. The van der Waals surface area contributed by atoms with Gasteiger partial charge >= 0.3 is 0 Å². The Kier molecular flexibility index (Phi) is 6.78. The summed E-state index contributed by atoms with van der Waals surface area (Å²) < 4.78 is 10.8. The Morgan fingerprint density at radius 1 is 1.14 bits per heavy atom. The molecule has 0 radical (unpaired) electrons. The van der Waals surface area contributed by atoms with Gasteiger partial charge < -0.3 is 19.9 Å². The van der Waals surface area contributed by atoms with Crippen LogP contribution >= 0.6 is 0 Å². The maximum Gasteiger partial charge on any atom is 0.276 e. The Hall–Kier alpha value is -4.08. The highest BCUT2D eigenvalue weighted by Gasteiger charge is 2.27. The van der Waals surface area contributed by atoms with Gasteiger partial charge in [0.05, 0.1) is 12.5 Å². The number of hydrogen-bond acceptors (Lipinski definition) is 8. The maximum atomic E-state index is 12.2. The van der Waals surface area contributed by atoms with Crippen LogP contribution in [-0.2, 0) is 22.4 Å². The van der Waals surface area contributed by atoms with Crippen LogP contribution in [-0.4, -0.2) is 41.7 Å². The number of amides is 2. The summed E-state index contributed by atoms with van der Waals surface area (Å²) in [6.07, 6.45) is 10.6. The number of carbonyl (C=O) groups is 2. The number of carbonyl (C=O) groups excluding carboxylic acids is 2. The van der Waals surface area contributed by atoms with E-state index in [1.807, 2.05) is 42.5 Å². The highest BCUT2D eigenvalue weighted by Crippen LogP contribution is 2.29. The van der Waals surface area contributed by atoms with Gasteiger partial charge in [0, 0.05) is 43.5 Å². The van der Waals surface area contributed by atoms with Crippen molar-refractivity contribution in [3.05, 3.63) is 65.4 Å². The number of azo groups is 1. The lowest BCUT2D eigenvalue weighted by molar-refractivity contribution is -0.121. The largest absolute Gasteiger partial charge is 0.493 e. The van der Waals surface area contributed by atoms with E-state index in [9.17, 15) is 9.59 Å². The molecule has 10 heteroatoms. The molecule has 1 unspecified atom stereocenters. The monoisotopic (exact) mass is 474 g/mol. The molecular formula is C25H26N6O4. The standard InChI is InChI=1S/C25H26N6O4/c32-21(9-10-22-28-23(31-35-22)17-7-8-20-16(15-17)11-14-34-20)26-12-3-4-13-27-24-18-5-1-2-6-19(18)25(33)30-29-24/h1-2,5-8,15,19,27H,3-4,9-14H2,(H,26,32). The third-order valence-electron chi connectivity index (χ3n) is 6.01. The molecule has 1 aliphatic carbocycles. The first-order valence-electron chi connectivity index (χ1n) is 11.8. The fraction of sp³-hybridized carbons (Fsp3) is 0.360. The van der Waals surface area contributed by atoms with Gasteiger partial charge in [0.2, 0.25) is 17.6 Å². The molecule has 1 atom stereocenters. The number of aryl methyl sites for hydroxylation is 1. The molecule has 3 heterocycles. The lowest BCUT2D eigenvalue weighted by Gasteiger charge is -2.20. The number of ether oxygens (including phenoxy) is 1. The van der Waals surface area contributed by atoms with Crippen LogP contribution in [0.1, 0.15) is 30.7 Å². The second-order valence-corrected chi connectivity index (χ2v) is 8.48. The summed E-state index contributed by atoms with van der Waals surface area (Å²) in [5.74, 6) is 1.85. The van der Waals surface area contributed by atoms with Gasteiger partial charge in [0.1, 0.15) is 5.75 Å². The number of aromatic nitrogens is 2. The molecule has 0 spiro atoms. The van der Waals surface area contributed by atoms with Crippen molar-refractivity contribution < 1.29 is 18.8 Å². The Bertz CT molecular complexity index is 1240. The SMILES string of the molecule is O=C(CCc1nc(-c2ccc3c(c2)CCO3)no1)NCCCCNC1=C2C=CC=CC2C(=O)N=N1. The third-order valence-corrected chi connectivity index (χ3v) is 6.01. The van der Waals surface area contributed by atoms with E-state index in [4.69, 9.17) is 9.26 Å². The molecular weight excluding hydrogens is 448 g/mol. The molecule has 180 valence electrons.